The van der Waals surface area contributed by atoms with Crippen LogP contribution in [0.25, 0.3) is 0 Å². The molecule has 0 spiro atoms. The third kappa shape index (κ3) is 3.82. The van der Waals surface area contributed by atoms with Crippen molar-refractivity contribution in [2.24, 2.45) is 5.92 Å². The highest BCUT2D eigenvalue weighted by molar-refractivity contribution is 5.02. The lowest BCUT2D eigenvalue weighted by Crippen LogP contribution is -2.31. The van der Waals surface area contributed by atoms with Crippen LogP contribution < -0.4 is 5.32 Å². The van der Waals surface area contributed by atoms with Crippen LogP contribution in [0.2, 0.25) is 0 Å². The minimum Gasteiger partial charge on any atom is -0.383 e. The highest BCUT2D eigenvalue weighted by Crippen LogP contribution is 2.34. The van der Waals surface area contributed by atoms with Gasteiger partial charge < -0.3 is 10.1 Å². The molecule has 2 rings (SSSR count). The van der Waals surface area contributed by atoms with Gasteiger partial charge in [-0.2, -0.15) is 5.10 Å². The van der Waals surface area contributed by atoms with E-state index in [1.54, 1.807) is 7.11 Å². The zero-order chi connectivity index (χ0) is 12.8. The first-order valence-corrected chi connectivity index (χ1v) is 7.08. The minimum atomic E-state index is 0.695. The number of ether oxygens (including phenoxy) is 1. The monoisotopic (exact) mass is 251 g/mol. The maximum Gasteiger partial charge on any atom is 0.0658 e. The standard InChI is InChI=1S/C14H25N3O/c1-3-15-14(12-4-5-12)7-6-13-8-9-16-17(13)10-11-18-2/h8-9,12,14-15H,3-7,10-11H2,1-2H3. The average Bonchev–Trinajstić information content (AvgIpc) is 3.12. The van der Waals surface area contributed by atoms with E-state index in [0.717, 1.165) is 32.0 Å². The molecule has 1 fully saturated rings. The summed E-state index contributed by atoms with van der Waals surface area (Å²) in [5.74, 6) is 0.917. The predicted molar refractivity (Wildman–Crippen MR) is 72.6 cm³/mol. The van der Waals surface area contributed by atoms with Crippen LogP contribution in [0.15, 0.2) is 12.3 Å². The maximum absolute atomic E-state index is 5.11. The van der Waals surface area contributed by atoms with Crippen molar-refractivity contribution in [2.75, 3.05) is 20.3 Å². The summed E-state index contributed by atoms with van der Waals surface area (Å²) in [6.45, 7) is 4.85. The zero-order valence-electron chi connectivity index (χ0n) is 11.6. The number of nitrogens with one attached hydrogen (secondary N) is 1. The molecule has 0 aliphatic heterocycles. The lowest BCUT2D eigenvalue weighted by atomic mass is 10.1. The van der Waals surface area contributed by atoms with E-state index in [0.29, 0.717) is 6.04 Å². The lowest BCUT2D eigenvalue weighted by molar-refractivity contribution is 0.182. The molecule has 1 aliphatic rings. The number of aryl methyl sites for hydroxylation is 1. The fourth-order valence-electron chi connectivity index (χ4n) is 2.52. The van der Waals surface area contributed by atoms with Gasteiger partial charge in [-0.05, 0) is 44.2 Å². The van der Waals surface area contributed by atoms with Crippen LogP contribution in [-0.4, -0.2) is 36.1 Å². The van der Waals surface area contributed by atoms with Gasteiger partial charge >= 0.3 is 0 Å². The van der Waals surface area contributed by atoms with Crippen LogP contribution >= 0.6 is 0 Å². The molecule has 0 aromatic carbocycles. The summed E-state index contributed by atoms with van der Waals surface area (Å²) in [5, 5.41) is 7.97. The maximum atomic E-state index is 5.11. The van der Waals surface area contributed by atoms with E-state index < -0.39 is 0 Å². The van der Waals surface area contributed by atoms with Crippen LogP contribution in [0.4, 0.5) is 0 Å². The molecule has 1 aromatic heterocycles. The molecule has 102 valence electrons. The summed E-state index contributed by atoms with van der Waals surface area (Å²) in [5.41, 5.74) is 1.33. The Bertz CT molecular complexity index is 347. The number of hydrogen-bond acceptors (Lipinski definition) is 3. The van der Waals surface area contributed by atoms with E-state index in [-0.39, 0.29) is 0 Å². The van der Waals surface area contributed by atoms with Gasteiger partial charge in [0.05, 0.1) is 13.2 Å². The molecule has 0 amide bonds. The van der Waals surface area contributed by atoms with Gasteiger partial charge in [0, 0.05) is 25.0 Å². The Labute approximate surface area is 110 Å². The van der Waals surface area contributed by atoms with Crippen molar-refractivity contribution >= 4 is 0 Å². The second-order valence-corrected chi connectivity index (χ2v) is 5.08. The number of rotatable bonds is 9. The Hall–Kier alpha value is -0.870. The van der Waals surface area contributed by atoms with Gasteiger partial charge in [0.2, 0.25) is 0 Å². The van der Waals surface area contributed by atoms with Gasteiger partial charge in [-0.1, -0.05) is 6.92 Å². The van der Waals surface area contributed by atoms with E-state index in [1.807, 2.05) is 6.20 Å². The van der Waals surface area contributed by atoms with Gasteiger partial charge in [0.1, 0.15) is 0 Å². The Morgan fingerprint density at radius 2 is 2.39 bits per heavy atom. The van der Waals surface area contributed by atoms with Crippen molar-refractivity contribution in [2.45, 2.75) is 45.2 Å². The highest BCUT2D eigenvalue weighted by Gasteiger charge is 2.30. The first-order valence-electron chi connectivity index (χ1n) is 7.08. The normalized spacial score (nSPS) is 17.0. The number of hydrogen-bond donors (Lipinski definition) is 1. The first kappa shape index (κ1) is 13.6. The van der Waals surface area contributed by atoms with Gasteiger partial charge in [0.15, 0.2) is 0 Å². The quantitative estimate of drug-likeness (QED) is 0.728. The average molecular weight is 251 g/mol. The molecule has 0 bridgehead atoms. The second kappa shape index (κ2) is 6.90. The van der Waals surface area contributed by atoms with E-state index in [2.05, 4.69) is 28.1 Å². The Kier molecular flexibility index (Phi) is 5.20. The summed E-state index contributed by atoms with van der Waals surface area (Å²) in [7, 11) is 1.73. The fourth-order valence-corrected chi connectivity index (χ4v) is 2.52. The number of methoxy groups -OCH3 is 1. The lowest BCUT2D eigenvalue weighted by Gasteiger charge is -2.17. The van der Waals surface area contributed by atoms with Crippen LogP contribution in [-0.2, 0) is 17.7 Å². The van der Waals surface area contributed by atoms with Crippen molar-refractivity contribution in [3.63, 3.8) is 0 Å². The molecule has 1 atom stereocenters. The molecule has 1 aromatic rings. The molecule has 1 unspecified atom stereocenters. The van der Waals surface area contributed by atoms with Crippen LogP contribution in [0.1, 0.15) is 31.9 Å². The third-order valence-electron chi connectivity index (χ3n) is 3.68. The van der Waals surface area contributed by atoms with Crippen molar-refractivity contribution in [3.05, 3.63) is 18.0 Å². The molecular weight excluding hydrogens is 226 g/mol. The van der Waals surface area contributed by atoms with Crippen LogP contribution in [0.3, 0.4) is 0 Å². The zero-order valence-corrected chi connectivity index (χ0v) is 11.6. The summed E-state index contributed by atoms with van der Waals surface area (Å²) in [6, 6.07) is 2.83. The Balaban J connectivity index is 1.82. The van der Waals surface area contributed by atoms with E-state index in [4.69, 9.17) is 4.74 Å². The molecule has 1 heterocycles. The van der Waals surface area contributed by atoms with E-state index >= 15 is 0 Å². The van der Waals surface area contributed by atoms with Crippen LogP contribution in [0, 0.1) is 5.92 Å². The summed E-state index contributed by atoms with van der Waals surface area (Å²) in [6.07, 6.45) is 7.03. The smallest absolute Gasteiger partial charge is 0.0658 e. The Morgan fingerprint density at radius 1 is 1.56 bits per heavy atom. The minimum absolute atomic E-state index is 0.695. The third-order valence-corrected chi connectivity index (χ3v) is 3.68. The molecule has 18 heavy (non-hydrogen) atoms. The first-order chi connectivity index (χ1) is 8.85. The molecule has 1 N–H and O–H groups in total. The van der Waals surface area contributed by atoms with Gasteiger partial charge in [-0.3, -0.25) is 4.68 Å². The van der Waals surface area contributed by atoms with Crippen LogP contribution in [0.5, 0.6) is 0 Å². The fraction of sp³-hybridized carbons (Fsp3) is 0.786. The van der Waals surface area contributed by atoms with Crippen molar-refractivity contribution in [1.82, 2.24) is 15.1 Å². The van der Waals surface area contributed by atoms with Crippen molar-refractivity contribution < 1.29 is 4.74 Å². The Morgan fingerprint density at radius 3 is 3.06 bits per heavy atom. The molecular formula is C14H25N3O. The van der Waals surface area contributed by atoms with Gasteiger partial charge in [-0.15, -0.1) is 0 Å². The van der Waals surface area contributed by atoms with E-state index in [1.165, 1.54) is 25.0 Å². The second-order valence-electron chi connectivity index (χ2n) is 5.08. The van der Waals surface area contributed by atoms with Crippen molar-refractivity contribution in [3.8, 4) is 0 Å². The van der Waals surface area contributed by atoms with Crippen molar-refractivity contribution in [1.29, 1.82) is 0 Å². The predicted octanol–water partition coefficient (Wildman–Crippen LogP) is 1.85. The summed E-state index contributed by atoms with van der Waals surface area (Å²) in [4.78, 5) is 0. The summed E-state index contributed by atoms with van der Waals surface area (Å²) >= 11 is 0. The van der Waals surface area contributed by atoms with Gasteiger partial charge in [0.25, 0.3) is 0 Å². The van der Waals surface area contributed by atoms with E-state index in [9.17, 15) is 0 Å². The SMILES string of the molecule is CCNC(CCc1ccnn1CCOC)C1CC1. The molecule has 1 aliphatic carbocycles. The topological polar surface area (TPSA) is 39.1 Å². The summed E-state index contributed by atoms with van der Waals surface area (Å²) < 4.78 is 7.18. The number of aromatic nitrogens is 2. The molecule has 0 saturated heterocycles. The molecule has 4 heteroatoms. The number of nitrogens with zero attached hydrogens (tertiary/aromatic N) is 2. The molecule has 0 radical (unpaired) electrons. The molecule has 4 nitrogen and oxygen atoms in total. The van der Waals surface area contributed by atoms with Gasteiger partial charge in [-0.25, -0.2) is 0 Å². The highest BCUT2D eigenvalue weighted by atomic mass is 16.5. The molecule has 1 saturated carbocycles. The largest absolute Gasteiger partial charge is 0.383 e.